The summed E-state index contributed by atoms with van der Waals surface area (Å²) in [5.41, 5.74) is 3.22. The smallest absolute Gasteiger partial charge is 0.341 e. The van der Waals surface area contributed by atoms with Gasteiger partial charge in [-0.25, -0.2) is 4.79 Å². The molecule has 0 aliphatic heterocycles. The highest BCUT2D eigenvalue weighted by Crippen LogP contribution is 2.38. The van der Waals surface area contributed by atoms with Crippen LogP contribution in [-0.2, 0) is 24.0 Å². The van der Waals surface area contributed by atoms with Gasteiger partial charge < -0.3 is 14.8 Å². The predicted molar refractivity (Wildman–Crippen MR) is 122 cm³/mol. The molecule has 160 valence electrons. The number of carbonyl (C=O) groups is 2. The van der Waals surface area contributed by atoms with Crippen LogP contribution in [0.5, 0.6) is 5.75 Å². The van der Waals surface area contributed by atoms with Gasteiger partial charge in [0.05, 0.1) is 19.3 Å². The van der Waals surface area contributed by atoms with E-state index < -0.39 is 5.97 Å². The van der Waals surface area contributed by atoms with E-state index in [1.165, 1.54) is 28.9 Å². The maximum absolute atomic E-state index is 12.9. The first-order valence-corrected chi connectivity index (χ1v) is 11.3. The molecule has 0 atom stereocenters. The first kappa shape index (κ1) is 21.1. The second-order valence-electron chi connectivity index (χ2n) is 7.47. The maximum atomic E-state index is 12.9. The molecular weight excluding hydrogens is 410 g/mol. The molecule has 1 N–H and O–H groups in total. The van der Waals surface area contributed by atoms with Crippen LogP contribution < -0.4 is 10.1 Å². The number of anilines is 1. The zero-order chi connectivity index (χ0) is 21.6. The summed E-state index contributed by atoms with van der Waals surface area (Å²) in [4.78, 5) is 26.5. The van der Waals surface area contributed by atoms with Crippen molar-refractivity contribution in [3.8, 4) is 5.75 Å². The molecule has 0 bridgehead atoms. The van der Waals surface area contributed by atoms with Crippen LogP contribution in [0.4, 0.5) is 5.00 Å². The number of fused-ring (bicyclic) bond motifs is 1. The van der Waals surface area contributed by atoms with E-state index in [4.69, 9.17) is 9.47 Å². The molecule has 2 aromatic carbocycles. The average molecular weight is 436 g/mol. The van der Waals surface area contributed by atoms with E-state index in [0.29, 0.717) is 28.5 Å². The molecule has 1 aliphatic carbocycles. The van der Waals surface area contributed by atoms with Crippen molar-refractivity contribution in [3.05, 3.63) is 81.7 Å². The quantitative estimate of drug-likeness (QED) is 0.512. The van der Waals surface area contributed by atoms with Crippen molar-refractivity contribution in [3.63, 3.8) is 0 Å². The molecule has 0 fully saturated rings. The third kappa shape index (κ3) is 4.97. The Hall–Kier alpha value is -3.12. The van der Waals surface area contributed by atoms with E-state index in [1.54, 1.807) is 18.2 Å². The molecule has 3 aromatic rings. The normalized spacial score (nSPS) is 12.7. The number of benzene rings is 2. The van der Waals surface area contributed by atoms with E-state index in [-0.39, 0.29) is 5.91 Å². The van der Waals surface area contributed by atoms with Crippen LogP contribution in [0, 0.1) is 0 Å². The third-order valence-corrected chi connectivity index (χ3v) is 6.59. The van der Waals surface area contributed by atoms with Gasteiger partial charge in [0.15, 0.2) is 0 Å². The SMILES string of the molecule is COC(=O)c1c(NC(=O)c2cccc(OCCc3ccccc3)c2)sc2c1CCCC2. The highest BCUT2D eigenvalue weighted by atomic mass is 32.1. The Morgan fingerprint density at radius 2 is 1.84 bits per heavy atom. The zero-order valence-corrected chi connectivity index (χ0v) is 18.3. The summed E-state index contributed by atoms with van der Waals surface area (Å²) in [5, 5.41) is 3.50. The number of nitrogens with one attached hydrogen (secondary N) is 1. The molecule has 1 aromatic heterocycles. The van der Waals surface area contributed by atoms with Crippen molar-refractivity contribution in [2.45, 2.75) is 32.1 Å². The van der Waals surface area contributed by atoms with Gasteiger partial charge in [-0.1, -0.05) is 36.4 Å². The van der Waals surface area contributed by atoms with Crippen LogP contribution in [0.15, 0.2) is 54.6 Å². The van der Waals surface area contributed by atoms with Gasteiger partial charge in [0, 0.05) is 16.9 Å². The molecule has 6 heteroatoms. The molecule has 0 spiro atoms. The second kappa shape index (κ2) is 9.79. The largest absolute Gasteiger partial charge is 0.493 e. The lowest BCUT2D eigenvalue weighted by Crippen LogP contribution is -2.15. The monoisotopic (exact) mass is 435 g/mol. The number of hydrogen-bond donors (Lipinski definition) is 1. The standard InChI is InChI=1S/C25H25NO4S/c1-29-25(28)22-20-12-5-6-13-21(20)31-24(22)26-23(27)18-10-7-11-19(16-18)30-15-14-17-8-3-2-4-9-17/h2-4,7-11,16H,5-6,12-15H2,1H3,(H,26,27). The predicted octanol–water partition coefficient (Wildman–Crippen LogP) is 5.29. The number of ether oxygens (including phenoxy) is 2. The summed E-state index contributed by atoms with van der Waals surface area (Å²) in [6.45, 7) is 0.527. The third-order valence-electron chi connectivity index (χ3n) is 5.39. The highest BCUT2D eigenvalue weighted by Gasteiger charge is 2.27. The molecular formula is C25H25NO4S. The fourth-order valence-corrected chi connectivity index (χ4v) is 5.08. The maximum Gasteiger partial charge on any atom is 0.341 e. The van der Waals surface area contributed by atoms with E-state index in [0.717, 1.165) is 37.7 Å². The van der Waals surface area contributed by atoms with Crippen molar-refractivity contribution >= 4 is 28.2 Å². The topological polar surface area (TPSA) is 64.6 Å². The number of carbonyl (C=O) groups excluding carboxylic acids is 2. The van der Waals surface area contributed by atoms with Gasteiger partial charge in [-0.3, -0.25) is 4.79 Å². The summed E-state index contributed by atoms with van der Waals surface area (Å²) < 4.78 is 10.8. The minimum absolute atomic E-state index is 0.266. The first-order chi connectivity index (χ1) is 15.2. The number of methoxy groups -OCH3 is 1. The molecule has 4 rings (SSSR count). The summed E-state index contributed by atoms with van der Waals surface area (Å²) in [7, 11) is 1.37. The minimum Gasteiger partial charge on any atom is -0.493 e. The second-order valence-corrected chi connectivity index (χ2v) is 8.58. The Morgan fingerprint density at radius 1 is 1.03 bits per heavy atom. The van der Waals surface area contributed by atoms with Gasteiger partial charge in [-0.15, -0.1) is 11.3 Å². The van der Waals surface area contributed by atoms with Gasteiger partial charge in [0.2, 0.25) is 0 Å². The van der Waals surface area contributed by atoms with Crippen LogP contribution in [0.25, 0.3) is 0 Å². The minimum atomic E-state index is -0.396. The Labute approximate surface area is 186 Å². The van der Waals surface area contributed by atoms with Crippen molar-refractivity contribution in [1.29, 1.82) is 0 Å². The Morgan fingerprint density at radius 3 is 2.65 bits per heavy atom. The van der Waals surface area contributed by atoms with Crippen LogP contribution in [0.3, 0.4) is 0 Å². The molecule has 0 unspecified atom stereocenters. The number of esters is 1. The summed E-state index contributed by atoms with van der Waals surface area (Å²) >= 11 is 1.48. The number of thiophene rings is 1. The van der Waals surface area contributed by atoms with Crippen LogP contribution in [-0.4, -0.2) is 25.6 Å². The lowest BCUT2D eigenvalue weighted by molar-refractivity contribution is 0.0601. The lowest BCUT2D eigenvalue weighted by Gasteiger charge is -2.12. The van der Waals surface area contributed by atoms with E-state index >= 15 is 0 Å². The van der Waals surface area contributed by atoms with Gasteiger partial charge in [-0.2, -0.15) is 0 Å². The van der Waals surface area contributed by atoms with Crippen molar-refractivity contribution in [2.24, 2.45) is 0 Å². The zero-order valence-electron chi connectivity index (χ0n) is 17.5. The molecule has 1 aliphatic rings. The highest BCUT2D eigenvalue weighted by molar-refractivity contribution is 7.17. The van der Waals surface area contributed by atoms with Crippen LogP contribution >= 0.6 is 11.3 Å². The number of hydrogen-bond acceptors (Lipinski definition) is 5. The Balaban J connectivity index is 1.46. The number of amides is 1. The fraction of sp³-hybridized carbons (Fsp3) is 0.280. The van der Waals surface area contributed by atoms with Gasteiger partial charge in [-0.05, 0) is 55.0 Å². The van der Waals surface area contributed by atoms with Crippen molar-refractivity contribution in [2.75, 3.05) is 19.0 Å². The van der Waals surface area contributed by atoms with Gasteiger partial charge in [0.25, 0.3) is 5.91 Å². The van der Waals surface area contributed by atoms with E-state index in [1.807, 2.05) is 24.3 Å². The van der Waals surface area contributed by atoms with Crippen LogP contribution in [0.2, 0.25) is 0 Å². The molecule has 0 saturated carbocycles. The molecule has 0 radical (unpaired) electrons. The van der Waals surface area contributed by atoms with Crippen molar-refractivity contribution < 1.29 is 19.1 Å². The number of rotatable bonds is 7. The molecule has 0 saturated heterocycles. The Kier molecular flexibility index (Phi) is 6.67. The van der Waals surface area contributed by atoms with E-state index in [2.05, 4.69) is 17.4 Å². The van der Waals surface area contributed by atoms with Gasteiger partial charge in [0.1, 0.15) is 10.8 Å². The molecule has 1 heterocycles. The fourth-order valence-electron chi connectivity index (χ4n) is 3.81. The van der Waals surface area contributed by atoms with Crippen LogP contribution in [0.1, 0.15) is 49.6 Å². The lowest BCUT2D eigenvalue weighted by atomic mass is 9.95. The van der Waals surface area contributed by atoms with Crippen molar-refractivity contribution in [1.82, 2.24) is 0 Å². The average Bonchev–Trinajstić information content (AvgIpc) is 3.17. The first-order valence-electron chi connectivity index (χ1n) is 10.5. The molecule has 5 nitrogen and oxygen atoms in total. The summed E-state index contributed by atoms with van der Waals surface area (Å²) in [5.74, 6) is -0.0211. The van der Waals surface area contributed by atoms with Gasteiger partial charge >= 0.3 is 5.97 Å². The number of aryl methyl sites for hydroxylation is 1. The Bertz CT molecular complexity index is 1070. The summed E-state index contributed by atoms with van der Waals surface area (Å²) in [6, 6.07) is 17.2. The molecule has 31 heavy (non-hydrogen) atoms. The molecule has 1 amide bonds. The summed E-state index contributed by atoms with van der Waals surface area (Å²) in [6.07, 6.45) is 4.72. The van der Waals surface area contributed by atoms with E-state index in [9.17, 15) is 9.59 Å².